The van der Waals surface area contributed by atoms with Gasteiger partial charge in [0.15, 0.2) is 17.6 Å². The summed E-state index contributed by atoms with van der Waals surface area (Å²) in [5, 5.41) is 2.82. The standard InChI is InChI=1S/C25H26N2O7S/c1-31-18-9-11-19(12-10-18)35(29,30)27-16-24(34-21-7-5-4-6-20(21)27)25(28)26-15-17-8-13-22(32-2)23(14-17)33-3/h4-14,24H,15-16H2,1-3H3,(H,26,28). The Bertz CT molecular complexity index is 1310. The lowest BCUT2D eigenvalue weighted by Gasteiger charge is -2.34. The van der Waals surface area contributed by atoms with Crippen LogP contribution in [0.2, 0.25) is 0 Å². The van der Waals surface area contributed by atoms with Crippen molar-refractivity contribution in [3.05, 3.63) is 72.3 Å². The minimum Gasteiger partial charge on any atom is -0.497 e. The zero-order chi connectivity index (χ0) is 25.0. The Hall–Kier alpha value is -3.92. The molecule has 4 rings (SSSR count). The molecule has 1 N–H and O–H groups in total. The fraction of sp³-hybridized carbons (Fsp3) is 0.240. The van der Waals surface area contributed by atoms with Gasteiger partial charge < -0.3 is 24.3 Å². The molecule has 3 aromatic rings. The molecule has 3 aromatic carbocycles. The van der Waals surface area contributed by atoms with Gasteiger partial charge in [0, 0.05) is 6.54 Å². The molecule has 1 unspecified atom stereocenters. The average Bonchev–Trinajstić information content (AvgIpc) is 2.90. The minimum atomic E-state index is -3.96. The third-order valence-electron chi connectivity index (χ3n) is 5.59. The van der Waals surface area contributed by atoms with Crippen molar-refractivity contribution in [1.29, 1.82) is 0 Å². The van der Waals surface area contributed by atoms with Crippen molar-refractivity contribution in [1.82, 2.24) is 5.32 Å². The summed E-state index contributed by atoms with van der Waals surface area (Å²) in [5.74, 6) is 1.53. The van der Waals surface area contributed by atoms with Crippen molar-refractivity contribution < 1.29 is 32.2 Å². The second kappa shape index (κ2) is 10.1. The molecule has 0 bridgehead atoms. The van der Waals surface area contributed by atoms with Gasteiger partial charge in [-0.05, 0) is 54.1 Å². The highest BCUT2D eigenvalue weighted by Gasteiger charge is 2.37. The van der Waals surface area contributed by atoms with Crippen molar-refractivity contribution >= 4 is 21.6 Å². The van der Waals surface area contributed by atoms with Crippen LogP contribution in [0, 0.1) is 0 Å². The van der Waals surface area contributed by atoms with E-state index in [1.165, 1.54) is 30.7 Å². The van der Waals surface area contributed by atoms with Gasteiger partial charge in [-0.1, -0.05) is 18.2 Å². The number of sulfonamides is 1. The Morgan fingerprint density at radius 1 is 0.971 bits per heavy atom. The van der Waals surface area contributed by atoms with E-state index in [1.54, 1.807) is 61.7 Å². The van der Waals surface area contributed by atoms with E-state index in [-0.39, 0.29) is 18.0 Å². The molecule has 0 aliphatic carbocycles. The van der Waals surface area contributed by atoms with Gasteiger partial charge in [0.05, 0.1) is 38.5 Å². The third kappa shape index (κ3) is 4.97. The fourth-order valence-corrected chi connectivity index (χ4v) is 5.21. The van der Waals surface area contributed by atoms with Gasteiger partial charge in [-0.25, -0.2) is 8.42 Å². The van der Waals surface area contributed by atoms with Crippen LogP contribution in [0.3, 0.4) is 0 Å². The van der Waals surface area contributed by atoms with Crippen LogP contribution in [-0.2, 0) is 21.4 Å². The van der Waals surface area contributed by atoms with E-state index >= 15 is 0 Å². The highest BCUT2D eigenvalue weighted by atomic mass is 32.2. The number of hydrogen-bond donors (Lipinski definition) is 1. The van der Waals surface area contributed by atoms with E-state index in [2.05, 4.69) is 5.32 Å². The molecule has 0 saturated heterocycles. The zero-order valence-electron chi connectivity index (χ0n) is 19.6. The number of anilines is 1. The normalized spacial score (nSPS) is 14.9. The molecular formula is C25H26N2O7S. The number of para-hydroxylation sites is 2. The van der Waals surface area contributed by atoms with Crippen LogP contribution in [0.1, 0.15) is 5.56 Å². The molecule has 184 valence electrons. The van der Waals surface area contributed by atoms with Crippen molar-refractivity contribution in [3.8, 4) is 23.0 Å². The summed E-state index contributed by atoms with van der Waals surface area (Å²) in [5.41, 5.74) is 1.15. The lowest BCUT2D eigenvalue weighted by molar-refractivity contribution is -0.127. The van der Waals surface area contributed by atoms with Crippen LogP contribution in [0.5, 0.6) is 23.0 Å². The Labute approximate surface area is 204 Å². The van der Waals surface area contributed by atoms with Crippen molar-refractivity contribution in [2.45, 2.75) is 17.5 Å². The smallest absolute Gasteiger partial charge is 0.264 e. The number of carbonyl (C=O) groups is 1. The molecule has 10 heteroatoms. The van der Waals surface area contributed by atoms with Gasteiger partial charge in [-0.2, -0.15) is 0 Å². The number of hydrogen-bond acceptors (Lipinski definition) is 7. The zero-order valence-corrected chi connectivity index (χ0v) is 20.4. The number of methoxy groups -OCH3 is 3. The Morgan fingerprint density at radius 2 is 1.69 bits per heavy atom. The third-order valence-corrected chi connectivity index (χ3v) is 7.38. The van der Waals surface area contributed by atoms with Gasteiger partial charge in [0.2, 0.25) is 0 Å². The first-order chi connectivity index (χ1) is 16.9. The second-order valence-electron chi connectivity index (χ2n) is 7.69. The topological polar surface area (TPSA) is 103 Å². The number of carbonyl (C=O) groups excluding carboxylic acids is 1. The Balaban J connectivity index is 1.55. The number of nitrogens with one attached hydrogen (secondary N) is 1. The van der Waals surface area contributed by atoms with Crippen LogP contribution in [-0.4, -0.2) is 48.3 Å². The maximum absolute atomic E-state index is 13.5. The summed E-state index contributed by atoms with van der Waals surface area (Å²) < 4.78 is 49.7. The SMILES string of the molecule is COc1ccc(S(=O)(=O)N2CC(C(=O)NCc3ccc(OC)c(OC)c3)Oc3ccccc32)cc1. The molecular weight excluding hydrogens is 472 g/mol. The first-order valence-electron chi connectivity index (χ1n) is 10.8. The van der Waals surface area contributed by atoms with Gasteiger partial charge >= 0.3 is 0 Å². The number of ether oxygens (including phenoxy) is 4. The van der Waals surface area contributed by atoms with E-state index in [1.807, 2.05) is 0 Å². The highest BCUT2D eigenvalue weighted by Crippen LogP contribution is 2.37. The van der Waals surface area contributed by atoms with Crippen LogP contribution in [0.15, 0.2) is 71.6 Å². The highest BCUT2D eigenvalue weighted by molar-refractivity contribution is 7.92. The largest absolute Gasteiger partial charge is 0.497 e. The molecule has 0 aromatic heterocycles. The molecule has 0 fully saturated rings. The molecule has 0 spiro atoms. The Morgan fingerprint density at radius 3 is 2.37 bits per heavy atom. The Kier molecular flexibility index (Phi) is 7.02. The lowest BCUT2D eigenvalue weighted by Crippen LogP contribution is -2.50. The monoisotopic (exact) mass is 498 g/mol. The molecule has 1 amide bonds. The van der Waals surface area contributed by atoms with Gasteiger partial charge in [-0.3, -0.25) is 9.10 Å². The first kappa shape index (κ1) is 24.2. The van der Waals surface area contributed by atoms with Crippen LogP contribution >= 0.6 is 0 Å². The quantitative estimate of drug-likeness (QED) is 0.509. The fourth-order valence-electron chi connectivity index (χ4n) is 3.73. The summed E-state index contributed by atoms with van der Waals surface area (Å²) in [6.07, 6.45) is -1.04. The summed E-state index contributed by atoms with van der Waals surface area (Å²) >= 11 is 0. The van der Waals surface area contributed by atoms with Gasteiger partial charge in [0.25, 0.3) is 15.9 Å². The van der Waals surface area contributed by atoms with E-state index in [9.17, 15) is 13.2 Å². The molecule has 9 nitrogen and oxygen atoms in total. The summed E-state index contributed by atoms with van der Waals surface area (Å²) in [6, 6.07) is 18.1. The molecule has 0 radical (unpaired) electrons. The van der Waals surface area contributed by atoms with Gasteiger partial charge in [0.1, 0.15) is 11.5 Å². The van der Waals surface area contributed by atoms with Crippen LogP contribution < -0.4 is 28.6 Å². The van der Waals surface area contributed by atoms with E-state index in [4.69, 9.17) is 18.9 Å². The number of benzene rings is 3. The number of rotatable bonds is 8. The maximum atomic E-state index is 13.5. The molecule has 35 heavy (non-hydrogen) atoms. The minimum absolute atomic E-state index is 0.0829. The molecule has 0 saturated carbocycles. The van der Waals surface area contributed by atoms with Crippen molar-refractivity contribution in [2.75, 3.05) is 32.2 Å². The average molecular weight is 499 g/mol. The van der Waals surface area contributed by atoms with Crippen LogP contribution in [0.25, 0.3) is 0 Å². The van der Waals surface area contributed by atoms with E-state index in [0.717, 1.165) is 5.56 Å². The summed E-state index contributed by atoms with van der Waals surface area (Å²) in [7, 11) is 0.622. The number of amides is 1. The maximum Gasteiger partial charge on any atom is 0.264 e. The molecule has 1 atom stereocenters. The first-order valence-corrected chi connectivity index (χ1v) is 12.2. The summed E-state index contributed by atoms with van der Waals surface area (Å²) in [4.78, 5) is 13.1. The molecule has 1 aliphatic heterocycles. The predicted molar refractivity (Wildman–Crippen MR) is 130 cm³/mol. The number of nitrogens with zero attached hydrogens (tertiary/aromatic N) is 1. The van der Waals surface area contributed by atoms with Crippen LogP contribution in [0.4, 0.5) is 5.69 Å². The van der Waals surface area contributed by atoms with E-state index < -0.39 is 22.0 Å². The predicted octanol–water partition coefficient (Wildman–Crippen LogP) is 2.99. The lowest BCUT2D eigenvalue weighted by atomic mass is 10.2. The molecule has 1 aliphatic rings. The van der Waals surface area contributed by atoms with Gasteiger partial charge in [-0.15, -0.1) is 0 Å². The van der Waals surface area contributed by atoms with Crippen molar-refractivity contribution in [3.63, 3.8) is 0 Å². The number of fused-ring (bicyclic) bond motifs is 1. The molecule has 1 heterocycles. The van der Waals surface area contributed by atoms with Crippen molar-refractivity contribution in [2.24, 2.45) is 0 Å². The summed E-state index contributed by atoms with van der Waals surface area (Å²) in [6.45, 7) is 0.0229. The van der Waals surface area contributed by atoms with E-state index in [0.29, 0.717) is 28.7 Å². The second-order valence-corrected chi connectivity index (χ2v) is 9.56.